The van der Waals surface area contributed by atoms with Gasteiger partial charge < -0.3 is 9.40 Å². The van der Waals surface area contributed by atoms with E-state index in [-0.39, 0.29) is 0 Å². The van der Waals surface area contributed by atoms with Crippen LogP contribution in [0.1, 0.15) is 13.8 Å². The Morgan fingerprint density at radius 2 is 1.31 bits per heavy atom. The molecule has 0 aliphatic heterocycles. The molecule has 0 fully saturated rings. The summed E-state index contributed by atoms with van der Waals surface area (Å²) in [6, 6.07) is 25.5. The number of hydrogen-bond acceptors (Lipinski definition) is 1. The first-order valence-corrected chi connectivity index (χ1v) is 10.8. The molecule has 0 saturated carbocycles. The summed E-state index contributed by atoms with van der Waals surface area (Å²) in [5.74, 6) is 0. The van der Waals surface area contributed by atoms with Crippen LogP contribution in [0.15, 0.2) is 115 Å². The van der Waals surface area contributed by atoms with Crippen molar-refractivity contribution < 1.29 is 4.42 Å². The molecule has 0 aliphatic carbocycles. The maximum Gasteiger partial charge on any atom is 0.159 e. The van der Waals surface area contributed by atoms with Gasteiger partial charge in [-0.1, -0.05) is 72.8 Å². The van der Waals surface area contributed by atoms with Crippen molar-refractivity contribution in [3.8, 4) is 0 Å². The van der Waals surface area contributed by atoms with Gasteiger partial charge in [-0.2, -0.15) is 0 Å². The van der Waals surface area contributed by atoms with Gasteiger partial charge in [-0.05, 0) is 48.9 Å². The minimum Gasteiger partial charge on any atom is -0.454 e. The molecule has 0 aliphatic rings. The number of para-hydroxylation sites is 1. The van der Waals surface area contributed by atoms with E-state index in [1.165, 1.54) is 26.9 Å². The molecule has 2 heterocycles. The summed E-state index contributed by atoms with van der Waals surface area (Å²) in [6.45, 7) is 10.0. The van der Waals surface area contributed by atoms with E-state index in [2.05, 4.69) is 90.9 Å². The lowest BCUT2D eigenvalue weighted by Crippen LogP contribution is -1.72. The van der Waals surface area contributed by atoms with Crippen molar-refractivity contribution >= 4 is 54.5 Å². The predicted octanol–water partition coefficient (Wildman–Crippen LogP) is 9.31. The number of aromatic amines is 1. The summed E-state index contributed by atoms with van der Waals surface area (Å²) < 4.78 is 6.27. The summed E-state index contributed by atoms with van der Waals surface area (Å²) >= 11 is 0. The van der Waals surface area contributed by atoms with Crippen LogP contribution < -0.4 is 0 Å². The van der Waals surface area contributed by atoms with Crippen LogP contribution >= 0.6 is 0 Å². The zero-order chi connectivity index (χ0) is 22.5. The molecule has 4 aromatic carbocycles. The Morgan fingerprint density at radius 3 is 2.03 bits per heavy atom. The van der Waals surface area contributed by atoms with E-state index in [0.717, 1.165) is 27.6 Å². The third kappa shape index (κ3) is 3.72. The Morgan fingerprint density at radius 1 is 0.688 bits per heavy atom. The van der Waals surface area contributed by atoms with Gasteiger partial charge in [-0.25, -0.2) is 0 Å². The van der Waals surface area contributed by atoms with Crippen LogP contribution in [-0.2, 0) is 0 Å². The smallest absolute Gasteiger partial charge is 0.159 e. The molecule has 0 spiro atoms. The van der Waals surface area contributed by atoms with Gasteiger partial charge in [0.05, 0.1) is 5.52 Å². The van der Waals surface area contributed by atoms with Gasteiger partial charge in [-0.15, -0.1) is 13.2 Å². The number of allylic oxidation sites excluding steroid dienone is 4. The lowest BCUT2D eigenvalue weighted by Gasteiger charge is -1.96. The molecule has 158 valence electrons. The minimum atomic E-state index is 0.939. The van der Waals surface area contributed by atoms with Crippen LogP contribution in [0.3, 0.4) is 0 Å². The van der Waals surface area contributed by atoms with E-state index >= 15 is 0 Å². The molecular formula is C30H27NO. The summed E-state index contributed by atoms with van der Waals surface area (Å²) in [7, 11) is 0. The monoisotopic (exact) mass is 417 g/mol. The second kappa shape index (κ2) is 9.40. The molecule has 6 rings (SSSR count). The normalized spacial score (nSPS) is 11.4. The average molecular weight is 418 g/mol. The van der Waals surface area contributed by atoms with Gasteiger partial charge >= 0.3 is 0 Å². The predicted molar refractivity (Wildman–Crippen MR) is 141 cm³/mol. The number of hydrogen-bond donors (Lipinski definition) is 1. The van der Waals surface area contributed by atoms with E-state index in [9.17, 15) is 0 Å². The van der Waals surface area contributed by atoms with Gasteiger partial charge in [0.2, 0.25) is 0 Å². The number of benzene rings is 4. The highest BCUT2D eigenvalue weighted by molar-refractivity contribution is 6.21. The maximum atomic E-state index is 6.27. The maximum absolute atomic E-state index is 6.27. The van der Waals surface area contributed by atoms with Crippen molar-refractivity contribution in [1.82, 2.24) is 4.98 Å². The highest BCUT2D eigenvalue weighted by Crippen LogP contribution is 2.37. The molecule has 0 atom stereocenters. The number of furan rings is 1. The first-order chi connectivity index (χ1) is 15.8. The molecule has 0 saturated heterocycles. The molecule has 0 radical (unpaired) electrons. The summed E-state index contributed by atoms with van der Waals surface area (Å²) in [6.07, 6.45) is 8.00. The SMILES string of the molecule is C/C=C\C=C/C.C=C.c1ccc2cc3c(cc2c1)oc1c3ccc2c3ccccc3[nH]c21. The van der Waals surface area contributed by atoms with Gasteiger partial charge in [0, 0.05) is 27.1 Å². The quantitative estimate of drug-likeness (QED) is 0.209. The molecular weight excluding hydrogens is 390 g/mol. The van der Waals surface area contributed by atoms with E-state index in [1.807, 2.05) is 38.2 Å². The lowest BCUT2D eigenvalue weighted by atomic mass is 10.1. The molecule has 2 nitrogen and oxygen atoms in total. The lowest BCUT2D eigenvalue weighted by molar-refractivity contribution is 0.672. The number of rotatable bonds is 1. The van der Waals surface area contributed by atoms with Crippen LogP contribution in [-0.4, -0.2) is 4.98 Å². The summed E-state index contributed by atoms with van der Waals surface area (Å²) in [5.41, 5.74) is 4.10. The molecule has 0 bridgehead atoms. The fourth-order valence-electron chi connectivity index (χ4n) is 4.06. The third-order valence-corrected chi connectivity index (χ3v) is 5.48. The van der Waals surface area contributed by atoms with E-state index in [1.54, 1.807) is 0 Å². The Kier molecular flexibility index (Phi) is 6.23. The van der Waals surface area contributed by atoms with Gasteiger partial charge in [0.15, 0.2) is 5.58 Å². The highest BCUT2D eigenvalue weighted by Gasteiger charge is 2.14. The topological polar surface area (TPSA) is 28.9 Å². The Bertz CT molecular complexity index is 1560. The first-order valence-electron chi connectivity index (χ1n) is 10.8. The number of nitrogens with one attached hydrogen (secondary N) is 1. The van der Waals surface area contributed by atoms with Crippen LogP contribution in [0.5, 0.6) is 0 Å². The van der Waals surface area contributed by atoms with Gasteiger partial charge in [0.25, 0.3) is 0 Å². The van der Waals surface area contributed by atoms with Crippen molar-refractivity contribution in [2.24, 2.45) is 0 Å². The Labute approximate surface area is 188 Å². The van der Waals surface area contributed by atoms with E-state index < -0.39 is 0 Å². The molecule has 6 aromatic rings. The van der Waals surface area contributed by atoms with Crippen molar-refractivity contribution in [2.75, 3.05) is 0 Å². The molecule has 0 unspecified atom stereocenters. The first kappa shape index (κ1) is 21.2. The van der Waals surface area contributed by atoms with Crippen molar-refractivity contribution in [2.45, 2.75) is 13.8 Å². The van der Waals surface area contributed by atoms with Crippen LogP contribution in [0.2, 0.25) is 0 Å². The fourth-order valence-corrected chi connectivity index (χ4v) is 4.06. The van der Waals surface area contributed by atoms with E-state index in [0.29, 0.717) is 0 Å². The fraction of sp³-hybridized carbons (Fsp3) is 0.0667. The van der Waals surface area contributed by atoms with E-state index in [4.69, 9.17) is 4.42 Å². The summed E-state index contributed by atoms with van der Waals surface area (Å²) in [5, 5.41) is 7.22. The number of fused-ring (bicyclic) bond motifs is 8. The largest absolute Gasteiger partial charge is 0.454 e. The second-order valence-electron chi connectivity index (χ2n) is 7.38. The van der Waals surface area contributed by atoms with Crippen molar-refractivity contribution in [3.05, 3.63) is 110 Å². The van der Waals surface area contributed by atoms with Crippen molar-refractivity contribution in [3.63, 3.8) is 0 Å². The Hall–Kier alpha value is -4.04. The zero-order valence-corrected chi connectivity index (χ0v) is 18.6. The van der Waals surface area contributed by atoms with Crippen molar-refractivity contribution in [1.29, 1.82) is 0 Å². The average Bonchev–Trinajstić information content (AvgIpc) is 3.41. The third-order valence-electron chi connectivity index (χ3n) is 5.48. The molecule has 32 heavy (non-hydrogen) atoms. The van der Waals surface area contributed by atoms with Crippen LogP contribution in [0.25, 0.3) is 54.5 Å². The standard InChI is InChI=1S/C22H13NO.C6H10.C2H4/c1-2-6-14-12-20-18(11-13(14)5-1)17-10-9-16-15-7-3-4-8-19(15)23-21(16)22(17)24-20;1-3-5-6-4-2;1-2/h1-12,23H;3-6H,1-2H3;1-2H2/b;5-3-,6-4-;. The molecule has 1 N–H and O–H groups in total. The minimum absolute atomic E-state index is 0.939. The van der Waals surface area contributed by atoms with Crippen LogP contribution in [0.4, 0.5) is 0 Å². The number of H-pyrrole nitrogens is 1. The Balaban J connectivity index is 0.000000270. The van der Waals surface area contributed by atoms with Crippen LogP contribution in [0, 0.1) is 0 Å². The summed E-state index contributed by atoms with van der Waals surface area (Å²) in [4.78, 5) is 3.53. The number of aromatic nitrogens is 1. The van der Waals surface area contributed by atoms with Gasteiger partial charge in [0.1, 0.15) is 5.58 Å². The zero-order valence-electron chi connectivity index (χ0n) is 18.6. The molecule has 0 amide bonds. The molecule has 2 aromatic heterocycles. The van der Waals surface area contributed by atoms with Gasteiger partial charge in [-0.3, -0.25) is 0 Å². The molecule has 2 heteroatoms. The highest BCUT2D eigenvalue weighted by atomic mass is 16.3. The second-order valence-corrected chi connectivity index (χ2v) is 7.38.